The fourth-order valence-corrected chi connectivity index (χ4v) is 4.57. The predicted octanol–water partition coefficient (Wildman–Crippen LogP) is 3.59. The molecule has 162 valence electrons. The van der Waals surface area contributed by atoms with Gasteiger partial charge in [0, 0.05) is 35.2 Å². The Morgan fingerprint density at radius 2 is 1.84 bits per heavy atom. The van der Waals surface area contributed by atoms with E-state index >= 15 is 0 Å². The molecule has 7 nitrogen and oxygen atoms in total. The molecule has 3 heterocycles. The van der Waals surface area contributed by atoms with Crippen molar-refractivity contribution >= 4 is 22.7 Å². The van der Waals surface area contributed by atoms with Crippen LogP contribution in [0.5, 0.6) is 0 Å². The van der Waals surface area contributed by atoms with Crippen molar-refractivity contribution < 1.29 is 9.59 Å². The first kappa shape index (κ1) is 20.1. The molecule has 1 saturated heterocycles. The van der Waals surface area contributed by atoms with E-state index in [0.717, 1.165) is 39.1 Å². The lowest BCUT2D eigenvalue weighted by Crippen LogP contribution is -2.52. The number of hydrogen-bond acceptors (Lipinski definition) is 3. The number of para-hydroxylation sites is 1. The summed E-state index contributed by atoms with van der Waals surface area (Å²) in [7, 11) is 0. The Morgan fingerprint density at radius 3 is 2.62 bits per heavy atom. The van der Waals surface area contributed by atoms with Crippen molar-refractivity contribution in [1.82, 2.24) is 25.0 Å². The fourth-order valence-electron chi connectivity index (χ4n) is 4.57. The van der Waals surface area contributed by atoms with Gasteiger partial charge in [-0.3, -0.25) is 9.59 Å². The summed E-state index contributed by atoms with van der Waals surface area (Å²) in [5, 5.41) is 8.60. The van der Waals surface area contributed by atoms with Gasteiger partial charge in [-0.25, -0.2) is 4.68 Å². The van der Waals surface area contributed by atoms with Crippen LogP contribution in [-0.4, -0.2) is 44.6 Å². The number of H-pyrrole nitrogens is 1. The van der Waals surface area contributed by atoms with E-state index in [-0.39, 0.29) is 11.8 Å². The quantitative estimate of drug-likeness (QED) is 0.524. The Morgan fingerprint density at radius 1 is 1.06 bits per heavy atom. The number of amides is 2. The molecule has 0 saturated carbocycles. The van der Waals surface area contributed by atoms with E-state index < -0.39 is 6.04 Å². The molecule has 1 fully saturated rings. The highest BCUT2D eigenvalue weighted by Crippen LogP contribution is 2.31. The van der Waals surface area contributed by atoms with Gasteiger partial charge in [-0.2, -0.15) is 5.10 Å². The smallest absolute Gasteiger partial charge is 0.271 e. The summed E-state index contributed by atoms with van der Waals surface area (Å²) in [6, 6.07) is 16.9. The molecule has 1 atom stereocenters. The van der Waals surface area contributed by atoms with E-state index in [1.54, 1.807) is 4.90 Å². The minimum atomic E-state index is -0.734. The van der Waals surface area contributed by atoms with E-state index in [1.165, 1.54) is 0 Å². The lowest BCUT2D eigenvalue weighted by atomic mass is 9.99. The topological polar surface area (TPSA) is 83.0 Å². The maximum atomic E-state index is 13.6. The van der Waals surface area contributed by atoms with Gasteiger partial charge in [0.05, 0.1) is 11.4 Å². The van der Waals surface area contributed by atoms with Crippen LogP contribution in [0.3, 0.4) is 0 Å². The number of fused-ring (bicyclic) bond motifs is 1. The van der Waals surface area contributed by atoms with Crippen molar-refractivity contribution in [2.75, 3.05) is 13.1 Å². The SMILES string of the molecule is Cc1ccc2[nH]c(C(=O)N3CCNC(=O)[C@@H]3c3c(C)nn(-c4ccccc4)c3C)cc2c1. The first-order valence-electron chi connectivity index (χ1n) is 10.7. The number of carbonyl (C=O) groups excluding carboxylic acids is 2. The number of aryl methyl sites for hydroxylation is 2. The first-order chi connectivity index (χ1) is 15.4. The molecule has 7 heteroatoms. The summed E-state index contributed by atoms with van der Waals surface area (Å²) in [4.78, 5) is 31.5. The number of aromatic nitrogens is 3. The maximum Gasteiger partial charge on any atom is 0.271 e. The van der Waals surface area contributed by atoms with Crippen molar-refractivity contribution in [2.24, 2.45) is 0 Å². The van der Waals surface area contributed by atoms with Crippen LogP contribution in [0.25, 0.3) is 16.6 Å². The molecule has 0 bridgehead atoms. The van der Waals surface area contributed by atoms with E-state index in [2.05, 4.69) is 10.3 Å². The van der Waals surface area contributed by atoms with Crippen LogP contribution in [0, 0.1) is 20.8 Å². The monoisotopic (exact) mass is 427 g/mol. The van der Waals surface area contributed by atoms with Crippen molar-refractivity contribution in [1.29, 1.82) is 0 Å². The molecule has 32 heavy (non-hydrogen) atoms. The molecule has 2 amide bonds. The second-order valence-corrected chi connectivity index (χ2v) is 8.30. The third kappa shape index (κ3) is 3.26. The van der Waals surface area contributed by atoms with E-state index in [4.69, 9.17) is 5.10 Å². The second-order valence-electron chi connectivity index (χ2n) is 8.30. The Balaban J connectivity index is 1.57. The van der Waals surface area contributed by atoms with Gasteiger partial charge in [0.2, 0.25) is 5.91 Å². The van der Waals surface area contributed by atoms with Gasteiger partial charge in [-0.15, -0.1) is 0 Å². The maximum absolute atomic E-state index is 13.6. The molecule has 0 unspecified atom stereocenters. The zero-order valence-electron chi connectivity index (χ0n) is 18.3. The fraction of sp³-hybridized carbons (Fsp3) is 0.240. The Labute approximate surface area is 186 Å². The van der Waals surface area contributed by atoms with E-state index in [0.29, 0.717) is 18.8 Å². The zero-order chi connectivity index (χ0) is 22.4. The van der Waals surface area contributed by atoms with E-state index in [9.17, 15) is 9.59 Å². The molecule has 2 aromatic carbocycles. The molecule has 1 aliphatic heterocycles. The third-order valence-electron chi connectivity index (χ3n) is 6.10. The molecule has 5 rings (SSSR count). The van der Waals surface area contributed by atoms with Gasteiger partial charge < -0.3 is 15.2 Å². The van der Waals surface area contributed by atoms with Crippen LogP contribution in [0.4, 0.5) is 0 Å². The van der Waals surface area contributed by atoms with Crippen molar-refractivity contribution in [3.05, 3.63) is 82.8 Å². The Kier molecular flexibility index (Phi) is 4.81. The normalized spacial score (nSPS) is 16.4. The number of hydrogen-bond donors (Lipinski definition) is 2. The average Bonchev–Trinajstić information content (AvgIpc) is 3.34. The number of nitrogens with one attached hydrogen (secondary N) is 2. The number of nitrogens with zero attached hydrogens (tertiary/aromatic N) is 3. The second kappa shape index (κ2) is 7.67. The Hall–Kier alpha value is -3.87. The summed E-state index contributed by atoms with van der Waals surface area (Å²) < 4.78 is 1.83. The first-order valence-corrected chi connectivity index (χ1v) is 10.7. The average molecular weight is 428 g/mol. The van der Waals surface area contributed by atoms with Gasteiger partial charge in [-0.05, 0) is 51.1 Å². The zero-order valence-corrected chi connectivity index (χ0v) is 18.3. The minimum Gasteiger partial charge on any atom is -0.352 e. The largest absolute Gasteiger partial charge is 0.352 e. The molecule has 1 aliphatic rings. The summed E-state index contributed by atoms with van der Waals surface area (Å²) in [5.74, 6) is -0.375. The van der Waals surface area contributed by atoms with Gasteiger partial charge in [0.25, 0.3) is 5.91 Å². The van der Waals surface area contributed by atoms with Crippen LogP contribution < -0.4 is 5.32 Å². The van der Waals surface area contributed by atoms with Gasteiger partial charge in [0.1, 0.15) is 11.7 Å². The van der Waals surface area contributed by atoms with Gasteiger partial charge in [-0.1, -0.05) is 29.8 Å². The molecule has 2 N–H and O–H groups in total. The van der Waals surface area contributed by atoms with Crippen LogP contribution in [0.1, 0.15) is 39.0 Å². The number of rotatable bonds is 3. The number of carbonyl (C=O) groups is 2. The van der Waals surface area contributed by atoms with Crippen LogP contribution in [-0.2, 0) is 4.79 Å². The number of benzene rings is 2. The van der Waals surface area contributed by atoms with Crippen molar-refractivity contribution in [3.8, 4) is 5.69 Å². The summed E-state index contributed by atoms with van der Waals surface area (Å²) in [6.07, 6.45) is 0. The summed E-state index contributed by atoms with van der Waals surface area (Å²) in [5.41, 5.74) is 5.78. The number of piperazine rings is 1. The number of aromatic amines is 1. The lowest BCUT2D eigenvalue weighted by Gasteiger charge is -2.35. The highest BCUT2D eigenvalue weighted by molar-refractivity contribution is 6.01. The van der Waals surface area contributed by atoms with Crippen molar-refractivity contribution in [2.45, 2.75) is 26.8 Å². The molecule has 0 spiro atoms. The molecular weight excluding hydrogens is 402 g/mol. The van der Waals surface area contributed by atoms with Crippen molar-refractivity contribution in [3.63, 3.8) is 0 Å². The highest BCUT2D eigenvalue weighted by Gasteiger charge is 2.38. The molecule has 2 aromatic heterocycles. The third-order valence-corrected chi connectivity index (χ3v) is 6.10. The van der Waals surface area contributed by atoms with E-state index in [1.807, 2.05) is 80.1 Å². The van der Waals surface area contributed by atoms with Crippen LogP contribution in [0.15, 0.2) is 54.6 Å². The molecule has 4 aromatic rings. The Bertz CT molecular complexity index is 1340. The highest BCUT2D eigenvalue weighted by atomic mass is 16.2. The molecular formula is C25H25N5O2. The molecule has 0 aliphatic carbocycles. The molecule has 0 radical (unpaired) electrons. The van der Waals surface area contributed by atoms with Crippen LogP contribution in [0.2, 0.25) is 0 Å². The lowest BCUT2D eigenvalue weighted by molar-refractivity contribution is -0.128. The van der Waals surface area contributed by atoms with Crippen LogP contribution >= 0.6 is 0 Å². The van der Waals surface area contributed by atoms with Gasteiger partial charge in [0.15, 0.2) is 0 Å². The summed E-state index contributed by atoms with van der Waals surface area (Å²) >= 11 is 0. The standard InChI is InChI=1S/C25H25N5O2/c1-15-9-10-20-18(13-15)14-21(27-20)25(32)29-12-11-26-24(31)23(29)22-16(2)28-30(17(22)3)19-7-5-4-6-8-19/h4-10,13-14,23,27H,11-12H2,1-3H3,(H,26,31)/t23-/m0/s1. The minimum absolute atomic E-state index is 0.185. The predicted molar refractivity (Wildman–Crippen MR) is 123 cm³/mol. The summed E-state index contributed by atoms with van der Waals surface area (Å²) in [6.45, 7) is 6.70. The van der Waals surface area contributed by atoms with Gasteiger partial charge >= 0.3 is 0 Å².